The van der Waals surface area contributed by atoms with Gasteiger partial charge in [-0.2, -0.15) is 0 Å². The van der Waals surface area contributed by atoms with Crippen LogP contribution >= 0.6 is 11.6 Å². The van der Waals surface area contributed by atoms with Gasteiger partial charge in [0.1, 0.15) is 11.0 Å². The van der Waals surface area contributed by atoms with Gasteiger partial charge in [-0.3, -0.25) is 4.79 Å². The summed E-state index contributed by atoms with van der Waals surface area (Å²) in [5, 5.41) is 2.75. The molecule has 0 spiro atoms. The maximum absolute atomic E-state index is 13.1. The largest absolute Gasteiger partial charge is 0.305 e. The lowest BCUT2D eigenvalue weighted by Crippen LogP contribution is -2.14. The second-order valence-corrected chi connectivity index (χ2v) is 4.02. The van der Waals surface area contributed by atoms with E-state index < -0.39 is 11.7 Å². The fourth-order valence-electron chi connectivity index (χ4n) is 1.40. The molecule has 4 nitrogen and oxygen atoms in total. The molecule has 18 heavy (non-hydrogen) atoms. The highest BCUT2D eigenvalue weighted by molar-refractivity contribution is 6.29. The van der Waals surface area contributed by atoms with E-state index in [9.17, 15) is 9.18 Å². The molecule has 1 N–H and O–H groups in total. The molecular formula is C12H9ClFN3O. The normalized spacial score (nSPS) is 10.2. The summed E-state index contributed by atoms with van der Waals surface area (Å²) in [6, 6.07) is 4.01. The maximum Gasteiger partial charge on any atom is 0.257 e. The van der Waals surface area contributed by atoms with E-state index in [0.29, 0.717) is 5.56 Å². The Balaban J connectivity index is 2.21. The summed E-state index contributed by atoms with van der Waals surface area (Å²) < 4.78 is 13.1. The number of aryl methyl sites for hydroxylation is 1. The Morgan fingerprint density at radius 2 is 2.11 bits per heavy atom. The lowest BCUT2D eigenvalue weighted by Gasteiger charge is -2.06. The van der Waals surface area contributed by atoms with Crippen LogP contribution < -0.4 is 5.32 Å². The predicted octanol–water partition coefficient (Wildman–Crippen LogP) is 2.83. The van der Waals surface area contributed by atoms with Crippen LogP contribution in [-0.2, 0) is 0 Å². The summed E-state index contributed by atoms with van der Waals surface area (Å²) in [6.07, 6.45) is 2.64. The lowest BCUT2D eigenvalue weighted by molar-refractivity contribution is 0.102. The second kappa shape index (κ2) is 5.10. The minimum atomic E-state index is -0.465. The SMILES string of the molecule is Cc1ccc(F)cc1C(=O)Nc1cnc(Cl)cn1. The second-order valence-electron chi connectivity index (χ2n) is 3.64. The van der Waals surface area contributed by atoms with Gasteiger partial charge in [-0.15, -0.1) is 0 Å². The van der Waals surface area contributed by atoms with Gasteiger partial charge in [-0.05, 0) is 24.6 Å². The molecule has 0 aliphatic heterocycles. The number of rotatable bonds is 2. The average Bonchev–Trinajstić information content (AvgIpc) is 2.35. The fraction of sp³-hybridized carbons (Fsp3) is 0.0833. The van der Waals surface area contributed by atoms with E-state index in [1.165, 1.54) is 30.6 Å². The van der Waals surface area contributed by atoms with Gasteiger partial charge < -0.3 is 5.32 Å². The molecule has 92 valence electrons. The molecule has 0 atom stereocenters. The van der Waals surface area contributed by atoms with Crippen LogP contribution in [0.15, 0.2) is 30.6 Å². The van der Waals surface area contributed by atoms with Crippen molar-refractivity contribution in [3.63, 3.8) is 0 Å². The molecule has 0 unspecified atom stereocenters. The van der Waals surface area contributed by atoms with E-state index in [1.54, 1.807) is 6.92 Å². The van der Waals surface area contributed by atoms with Crippen LogP contribution in [0.4, 0.5) is 10.2 Å². The molecule has 6 heteroatoms. The summed E-state index contributed by atoms with van der Waals surface area (Å²) >= 11 is 5.58. The fourth-order valence-corrected chi connectivity index (χ4v) is 1.50. The van der Waals surface area contributed by atoms with Crippen molar-refractivity contribution < 1.29 is 9.18 Å². The number of amides is 1. The standard InChI is InChI=1S/C12H9ClFN3O/c1-7-2-3-8(14)4-9(7)12(18)17-11-6-15-10(13)5-16-11/h2-6H,1H3,(H,16,17,18). The number of benzene rings is 1. The zero-order valence-corrected chi connectivity index (χ0v) is 10.2. The Morgan fingerprint density at radius 1 is 1.33 bits per heavy atom. The quantitative estimate of drug-likeness (QED) is 0.908. The van der Waals surface area contributed by atoms with Gasteiger partial charge >= 0.3 is 0 Å². The molecule has 0 fully saturated rings. The maximum atomic E-state index is 13.1. The zero-order valence-electron chi connectivity index (χ0n) is 9.45. The van der Waals surface area contributed by atoms with Crippen molar-refractivity contribution in [1.82, 2.24) is 9.97 Å². The molecule has 1 amide bonds. The highest BCUT2D eigenvalue weighted by Gasteiger charge is 2.11. The van der Waals surface area contributed by atoms with Gasteiger partial charge in [0.2, 0.25) is 0 Å². The van der Waals surface area contributed by atoms with Crippen molar-refractivity contribution in [3.8, 4) is 0 Å². The van der Waals surface area contributed by atoms with Crippen molar-refractivity contribution in [2.45, 2.75) is 6.92 Å². The van der Waals surface area contributed by atoms with E-state index in [-0.39, 0.29) is 16.5 Å². The first kappa shape index (κ1) is 12.4. The molecule has 0 aliphatic carbocycles. The van der Waals surface area contributed by atoms with Crippen molar-refractivity contribution in [1.29, 1.82) is 0 Å². The van der Waals surface area contributed by atoms with Crippen molar-refractivity contribution in [2.75, 3.05) is 5.32 Å². The first-order valence-corrected chi connectivity index (χ1v) is 5.49. The molecule has 0 aliphatic rings. The minimum Gasteiger partial charge on any atom is -0.305 e. The Hall–Kier alpha value is -2.01. The molecule has 1 heterocycles. The van der Waals surface area contributed by atoms with Crippen molar-refractivity contribution in [3.05, 3.63) is 52.7 Å². The van der Waals surface area contributed by atoms with Gasteiger partial charge in [0, 0.05) is 5.56 Å². The highest BCUT2D eigenvalue weighted by Crippen LogP contribution is 2.13. The van der Waals surface area contributed by atoms with Gasteiger partial charge in [-0.1, -0.05) is 17.7 Å². The third-order valence-electron chi connectivity index (χ3n) is 2.31. The number of hydrogen-bond acceptors (Lipinski definition) is 3. The molecule has 1 aromatic carbocycles. The number of hydrogen-bond donors (Lipinski definition) is 1. The third kappa shape index (κ3) is 2.81. The lowest BCUT2D eigenvalue weighted by atomic mass is 10.1. The van der Waals surface area contributed by atoms with Gasteiger partial charge in [0.25, 0.3) is 5.91 Å². The van der Waals surface area contributed by atoms with Gasteiger partial charge in [0.05, 0.1) is 12.4 Å². The molecular weight excluding hydrogens is 257 g/mol. The number of anilines is 1. The van der Waals surface area contributed by atoms with Crippen LogP contribution in [0.25, 0.3) is 0 Å². The van der Waals surface area contributed by atoms with Crippen LogP contribution in [-0.4, -0.2) is 15.9 Å². The number of carbonyl (C=O) groups excluding carboxylic acids is 1. The zero-order chi connectivity index (χ0) is 13.1. The summed E-state index contributed by atoms with van der Waals surface area (Å²) in [7, 11) is 0. The van der Waals surface area contributed by atoms with E-state index >= 15 is 0 Å². The highest BCUT2D eigenvalue weighted by atomic mass is 35.5. The van der Waals surface area contributed by atoms with E-state index in [0.717, 1.165) is 0 Å². The smallest absolute Gasteiger partial charge is 0.257 e. The van der Waals surface area contributed by atoms with E-state index in [1.807, 2.05) is 0 Å². The number of aromatic nitrogens is 2. The Morgan fingerprint density at radius 3 is 2.78 bits per heavy atom. The molecule has 0 bridgehead atoms. The van der Waals surface area contributed by atoms with Crippen LogP contribution in [0.5, 0.6) is 0 Å². The molecule has 0 saturated carbocycles. The van der Waals surface area contributed by atoms with E-state index in [2.05, 4.69) is 15.3 Å². The number of carbonyl (C=O) groups is 1. The topological polar surface area (TPSA) is 54.9 Å². The first-order chi connectivity index (χ1) is 8.56. The third-order valence-corrected chi connectivity index (χ3v) is 2.50. The number of nitrogens with zero attached hydrogens (tertiary/aromatic N) is 2. The molecule has 0 saturated heterocycles. The van der Waals surface area contributed by atoms with Crippen LogP contribution in [0.2, 0.25) is 5.15 Å². The first-order valence-electron chi connectivity index (χ1n) is 5.11. The predicted molar refractivity (Wildman–Crippen MR) is 66.1 cm³/mol. The molecule has 0 radical (unpaired) electrons. The van der Waals surface area contributed by atoms with Crippen molar-refractivity contribution >= 4 is 23.3 Å². The van der Waals surface area contributed by atoms with Gasteiger partial charge in [-0.25, -0.2) is 14.4 Å². The Kier molecular flexibility index (Phi) is 3.53. The van der Waals surface area contributed by atoms with Gasteiger partial charge in [0.15, 0.2) is 5.82 Å². The Labute approximate surface area is 108 Å². The van der Waals surface area contributed by atoms with Crippen LogP contribution in [0, 0.1) is 12.7 Å². The number of halogens is 2. The van der Waals surface area contributed by atoms with Crippen LogP contribution in [0.3, 0.4) is 0 Å². The van der Waals surface area contributed by atoms with Crippen LogP contribution in [0.1, 0.15) is 15.9 Å². The molecule has 2 rings (SSSR count). The summed E-state index contributed by atoms with van der Waals surface area (Å²) in [5.41, 5.74) is 0.933. The Bertz CT molecular complexity index is 586. The monoisotopic (exact) mass is 265 g/mol. The molecule has 2 aromatic rings. The summed E-state index contributed by atoms with van der Waals surface area (Å²) in [5.74, 6) is -0.648. The minimum absolute atomic E-state index is 0.231. The van der Waals surface area contributed by atoms with E-state index in [4.69, 9.17) is 11.6 Å². The summed E-state index contributed by atoms with van der Waals surface area (Å²) in [4.78, 5) is 19.5. The summed E-state index contributed by atoms with van der Waals surface area (Å²) in [6.45, 7) is 1.72. The average molecular weight is 266 g/mol. The number of nitrogens with one attached hydrogen (secondary N) is 1. The van der Waals surface area contributed by atoms with Crippen molar-refractivity contribution in [2.24, 2.45) is 0 Å². The molecule has 1 aromatic heterocycles.